The van der Waals surface area contributed by atoms with Crippen molar-refractivity contribution in [2.75, 3.05) is 5.32 Å². The summed E-state index contributed by atoms with van der Waals surface area (Å²) in [6.45, 7) is 7.92. The Bertz CT molecular complexity index is 475. The van der Waals surface area contributed by atoms with Gasteiger partial charge in [0, 0.05) is 11.6 Å². The Labute approximate surface area is 113 Å². The number of hydrogen-bond donors (Lipinski definition) is 2. The van der Waals surface area contributed by atoms with E-state index >= 15 is 0 Å². The Morgan fingerprint density at radius 1 is 1.32 bits per heavy atom. The molecule has 2 N–H and O–H groups in total. The number of amides is 1. The van der Waals surface area contributed by atoms with Crippen LogP contribution in [0.15, 0.2) is 24.3 Å². The molecule has 0 aromatic heterocycles. The first-order valence-electron chi connectivity index (χ1n) is 6.32. The highest BCUT2D eigenvalue weighted by molar-refractivity contribution is 5.92. The molecule has 0 saturated heterocycles. The number of benzene rings is 1. The zero-order chi connectivity index (χ0) is 14.6. The zero-order valence-electron chi connectivity index (χ0n) is 11.9. The van der Waals surface area contributed by atoms with E-state index in [0.717, 1.165) is 0 Å². The van der Waals surface area contributed by atoms with Gasteiger partial charge < -0.3 is 10.4 Å². The van der Waals surface area contributed by atoms with Gasteiger partial charge in [-0.2, -0.15) is 0 Å². The minimum Gasteiger partial charge on any atom is -0.481 e. The quantitative estimate of drug-likeness (QED) is 0.877. The highest BCUT2D eigenvalue weighted by Crippen LogP contribution is 2.26. The first-order chi connectivity index (χ1) is 8.70. The topological polar surface area (TPSA) is 66.4 Å². The second-order valence-corrected chi connectivity index (χ2v) is 5.85. The number of aliphatic carboxylic acids is 1. The van der Waals surface area contributed by atoms with E-state index in [1.165, 1.54) is 0 Å². The lowest BCUT2D eigenvalue weighted by atomic mass is 9.81. The molecule has 0 fully saturated rings. The van der Waals surface area contributed by atoms with Crippen LogP contribution in [0.1, 0.15) is 33.3 Å². The number of carboxylic acids is 1. The van der Waals surface area contributed by atoms with Crippen LogP contribution in [-0.4, -0.2) is 17.0 Å². The van der Waals surface area contributed by atoms with Crippen molar-refractivity contribution in [3.63, 3.8) is 0 Å². The van der Waals surface area contributed by atoms with Crippen molar-refractivity contribution in [2.24, 2.45) is 11.3 Å². The van der Waals surface area contributed by atoms with E-state index in [2.05, 4.69) is 5.32 Å². The van der Waals surface area contributed by atoms with E-state index in [-0.39, 0.29) is 23.7 Å². The highest BCUT2D eigenvalue weighted by Gasteiger charge is 2.26. The molecule has 1 aromatic carbocycles. The average Bonchev–Trinajstić information content (AvgIpc) is 2.26. The van der Waals surface area contributed by atoms with E-state index in [0.29, 0.717) is 11.3 Å². The molecule has 1 aromatic rings. The third-order valence-corrected chi connectivity index (χ3v) is 3.24. The van der Waals surface area contributed by atoms with Crippen LogP contribution in [0.3, 0.4) is 0 Å². The maximum absolute atomic E-state index is 12.1. The number of nitrogens with one attached hydrogen (secondary N) is 1. The maximum Gasteiger partial charge on any atom is 0.307 e. The van der Waals surface area contributed by atoms with Crippen LogP contribution in [-0.2, 0) is 16.0 Å². The second-order valence-electron chi connectivity index (χ2n) is 5.85. The standard InChI is InChI=1S/C15H21NO3/c1-10(15(2,3)4)14(19)16-12-7-5-6-11(8-12)9-13(17)18/h5-8,10H,9H2,1-4H3,(H,16,19)(H,17,18). The summed E-state index contributed by atoms with van der Waals surface area (Å²) >= 11 is 0. The highest BCUT2D eigenvalue weighted by atomic mass is 16.4. The summed E-state index contributed by atoms with van der Waals surface area (Å²) in [7, 11) is 0. The first-order valence-corrected chi connectivity index (χ1v) is 6.32. The fourth-order valence-electron chi connectivity index (χ4n) is 1.58. The smallest absolute Gasteiger partial charge is 0.307 e. The summed E-state index contributed by atoms with van der Waals surface area (Å²) in [6, 6.07) is 6.94. The number of hydrogen-bond acceptors (Lipinski definition) is 2. The van der Waals surface area contributed by atoms with E-state index in [4.69, 9.17) is 5.11 Å². The third kappa shape index (κ3) is 4.73. The summed E-state index contributed by atoms with van der Waals surface area (Å²) in [5, 5.41) is 11.6. The molecule has 0 saturated carbocycles. The molecule has 4 nitrogen and oxygen atoms in total. The number of anilines is 1. The van der Waals surface area contributed by atoms with Gasteiger partial charge in [0.05, 0.1) is 6.42 Å². The fraction of sp³-hybridized carbons (Fsp3) is 0.467. The van der Waals surface area contributed by atoms with Crippen molar-refractivity contribution in [3.05, 3.63) is 29.8 Å². The van der Waals surface area contributed by atoms with Gasteiger partial charge in [0.2, 0.25) is 5.91 Å². The summed E-state index contributed by atoms with van der Waals surface area (Å²) in [5.74, 6) is -1.07. The van der Waals surface area contributed by atoms with Crippen molar-refractivity contribution in [3.8, 4) is 0 Å². The molecule has 0 aliphatic rings. The lowest BCUT2D eigenvalue weighted by Crippen LogP contribution is -2.30. The molecule has 1 rings (SSSR count). The fourth-order valence-corrected chi connectivity index (χ4v) is 1.58. The Balaban J connectivity index is 2.77. The SMILES string of the molecule is CC(C(=O)Nc1cccc(CC(=O)O)c1)C(C)(C)C. The van der Waals surface area contributed by atoms with Crippen LogP contribution < -0.4 is 5.32 Å². The van der Waals surface area contributed by atoms with Crippen molar-refractivity contribution in [1.82, 2.24) is 0 Å². The van der Waals surface area contributed by atoms with Crippen LogP contribution >= 0.6 is 0 Å². The monoisotopic (exact) mass is 263 g/mol. The Hall–Kier alpha value is -1.84. The van der Waals surface area contributed by atoms with Crippen LogP contribution in [0.5, 0.6) is 0 Å². The lowest BCUT2D eigenvalue weighted by molar-refractivity contribution is -0.136. The normalized spacial score (nSPS) is 12.8. The molecule has 0 heterocycles. The lowest BCUT2D eigenvalue weighted by Gasteiger charge is -2.26. The molecule has 0 aliphatic heterocycles. The summed E-state index contributed by atoms with van der Waals surface area (Å²) in [6.07, 6.45) is -0.0431. The van der Waals surface area contributed by atoms with Gasteiger partial charge in [0.25, 0.3) is 0 Å². The number of carboxylic acid groups (broad SMARTS) is 1. The van der Waals surface area contributed by atoms with E-state index in [1.807, 2.05) is 27.7 Å². The molecule has 1 unspecified atom stereocenters. The molecule has 4 heteroatoms. The Morgan fingerprint density at radius 3 is 2.47 bits per heavy atom. The molecular formula is C15H21NO3. The molecule has 1 amide bonds. The molecule has 104 valence electrons. The molecule has 0 bridgehead atoms. The molecule has 0 radical (unpaired) electrons. The van der Waals surface area contributed by atoms with Gasteiger partial charge >= 0.3 is 5.97 Å². The molecule has 0 spiro atoms. The molecular weight excluding hydrogens is 242 g/mol. The van der Waals surface area contributed by atoms with Crippen molar-refractivity contribution >= 4 is 17.6 Å². The van der Waals surface area contributed by atoms with Crippen molar-refractivity contribution in [1.29, 1.82) is 0 Å². The van der Waals surface area contributed by atoms with Crippen LogP contribution in [0.4, 0.5) is 5.69 Å². The predicted molar refractivity (Wildman–Crippen MR) is 75.0 cm³/mol. The number of carbonyl (C=O) groups is 2. The van der Waals surface area contributed by atoms with Gasteiger partial charge in [0.1, 0.15) is 0 Å². The van der Waals surface area contributed by atoms with Crippen molar-refractivity contribution < 1.29 is 14.7 Å². The maximum atomic E-state index is 12.1. The van der Waals surface area contributed by atoms with Crippen molar-refractivity contribution in [2.45, 2.75) is 34.1 Å². The van der Waals surface area contributed by atoms with Crippen LogP contribution in [0, 0.1) is 11.3 Å². The Morgan fingerprint density at radius 2 is 1.95 bits per heavy atom. The van der Waals surface area contributed by atoms with E-state index in [9.17, 15) is 9.59 Å². The predicted octanol–water partition coefficient (Wildman–Crippen LogP) is 2.93. The molecule has 1 atom stereocenters. The second kappa shape index (κ2) is 5.87. The van der Waals surface area contributed by atoms with Gasteiger partial charge in [-0.15, -0.1) is 0 Å². The Kier molecular flexibility index (Phi) is 4.70. The minimum atomic E-state index is -0.883. The summed E-state index contributed by atoms with van der Waals surface area (Å²) in [5.41, 5.74) is 1.21. The van der Waals surface area contributed by atoms with Gasteiger partial charge in [-0.3, -0.25) is 9.59 Å². The van der Waals surface area contributed by atoms with Crippen LogP contribution in [0.25, 0.3) is 0 Å². The molecule has 19 heavy (non-hydrogen) atoms. The third-order valence-electron chi connectivity index (χ3n) is 3.24. The summed E-state index contributed by atoms with van der Waals surface area (Å²) in [4.78, 5) is 22.7. The van der Waals surface area contributed by atoms with Gasteiger partial charge in [-0.1, -0.05) is 39.8 Å². The average molecular weight is 263 g/mol. The zero-order valence-corrected chi connectivity index (χ0v) is 11.9. The summed E-state index contributed by atoms with van der Waals surface area (Å²) < 4.78 is 0. The largest absolute Gasteiger partial charge is 0.481 e. The first kappa shape index (κ1) is 15.2. The van der Waals surface area contributed by atoms with Gasteiger partial charge in [0.15, 0.2) is 0 Å². The van der Waals surface area contributed by atoms with E-state index in [1.54, 1.807) is 24.3 Å². The van der Waals surface area contributed by atoms with E-state index < -0.39 is 5.97 Å². The molecule has 0 aliphatic carbocycles. The number of carbonyl (C=O) groups excluding carboxylic acids is 1. The minimum absolute atomic E-state index is 0.0431. The van der Waals surface area contributed by atoms with Gasteiger partial charge in [-0.05, 0) is 23.1 Å². The van der Waals surface area contributed by atoms with Crippen LogP contribution in [0.2, 0.25) is 0 Å². The van der Waals surface area contributed by atoms with Gasteiger partial charge in [-0.25, -0.2) is 0 Å². The number of rotatable bonds is 4.